The van der Waals surface area contributed by atoms with Crippen LogP contribution in [-0.4, -0.2) is 26.7 Å². The van der Waals surface area contributed by atoms with Crippen LogP contribution in [-0.2, 0) is 13.0 Å². The van der Waals surface area contributed by atoms with Gasteiger partial charge in [-0.2, -0.15) is 0 Å². The van der Waals surface area contributed by atoms with E-state index >= 15 is 0 Å². The van der Waals surface area contributed by atoms with E-state index < -0.39 is 6.10 Å². The van der Waals surface area contributed by atoms with Gasteiger partial charge in [0.05, 0.1) is 17.1 Å². The van der Waals surface area contributed by atoms with Crippen molar-refractivity contribution in [2.75, 3.05) is 0 Å². The SMILES string of the molecule is Cc1ccccc1CCC(C)NC1CCn2c(=O)[nH]c3cccc(c32)C1O. The monoisotopic (exact) mass is 365 g/mol. The summed E-state index contributed by atoms with van der Waals surface area (Å²) in [6, 6.07) is 14.4. The predicted octanol–water partition coefficient (Wildman–Crippen LogP) is 3.05. The molecule has 2 aromatic carbocycles. The van der Waals surface area contributed by atoms with Gasteiger partial charge in [-0.1, -0.05) is 36.4 Å². The molecule has 3 unspecified atom stereocenters. The number of imidazole rings is 1. The van der Waals surface area contributed by atoms with Gasteiger partial charge >= 0.3 is 5.69 Å². The Kier molecular flexibility index (Phi) is 4.89. The Bertz CT molecular complexity index is 1000. The summed E-state index contributed by atoms with van der Waals surface area (Å²) >= 11 is 0. The van der Waals surface area contributed by atoms with E-state index in [2.05, 4.69) is 48.4 Å². The van der Waals surface area contributed by atoms with E-state index in [9.17, 15) is 9.90 Å². The predicted molar refractivity (Wildman–Crippen MR) is 108 cm³/mol. The van der Waals surface area contributed by atoms with Crippen molar-refractivity contribution in [3.8, 4) is 0 Å². The summed E-state index contributed by atoms with van der Waals surface area (Å²) in [6.45, 7) is 4.92. The van der Waals surface area contributed by atoms with Crippen LogP contribution in [0, 0.1) is 6.92 Å². The lowest BCUT2D eigenvalue weighted by Gasteiger charge is -2.26. The minimum atomic E-state index is -0.626. The van der Waals surface area contributed by atoms with Crippen LogP contribution in [0.1, 0.15) is 42.6 Å². The number of nitrogens with one attached hydrogen (secondary N) is 2. The van der Waals surface area contributed by atoms with Crippen LogP contribution in [0.15, 0.2) is 47.3 Å². The molecule has 0 fully saturated rings. The fourth-order valence-electron chi connectivity index (χ4n) is 4.23. The molecule has 0 saturated heterocycles. The van der Waals surface area contributed by atoms with Gasteiger partial charge in [0.1, 0.15) is 0 Å². The summed E-state index contributed by atoms with van der Waals surface area (Å²) in [6.07, 6.45) is 2.11. The fourth-order valence-corrected chi connectivity index (χ4v) is 4.23. The number of aromatic amines is 1. The molecule has 0 amide bonds. The summed E-state index contributed by atoms with van der Waals surface area (Å²) in [5.41, 5.74) is 5.06. The average molecular weight is 365 g/mol. The Morgan fingerprint density at radius 2 is 2.07 bits per heavy atom. The van der Waals surface area contributed by atoms with Crippen molar-refractivity contribution in [3.63, 3.8) is 0 Å². The van der Waals surface area contributed by atoms with Crippen LogP contribution in [0.25, 0.3) is 11.0 Å². The van der Waals surface area contributed by atoms with Crippen molar-refractivity contribution in [3.05, 3.63) is 69.6 Å². The standard InChI is InChI=1S/C22H27N3O2/c1-14-6-3-4-7-16(14)11-10-15(2)23-19-12-13-25-20-17(21(19)26)8-5-9-18(20)24-22(25)27/h3-9,15,19,21,23,26H,10-13H2,1-2H3,(H,24,27). The maximum Gasteiger partial charge on any atom is 0.326 e. The first-order valence-electron chi connectivity index (χ1n) is 9.74. The first kappa shape index (κ1) is 18.0. The van der Waals surface area contributed by atoms with Crippen molar-refractivity contribution >= 4 is 11.0 Å². The number of aliphatic hydroxyl groups is 1. The van der Waals surface area contributed by atoms with Crippen molar-refractivity contribution in [2.24, 2.45) is 0 Å². The summed E-state index contributed by atoms with van der Waals surface area (Å²) in [5, 5.41) is 14.6. The minimum Gasteiger partial charge on any atom is -0.387 e. The lowest BCUT2D eigenvalue weighted by molar-refractivity contribution is 0.119. The Morgan fingerprint density at radius 1 is 1.26 bits per heavy atom. The molecule has 142 valence electrons. The zero-order valence-electron chi connectivity index (χ0n) is 15.9. The number of hydrogen-bond donors (Lipinski definition) is 3. The number of hydrogen-bond acceptors (Lipinski definition) is 3. The number of aryl methyl sites for hydroxylation is 3. The molecule has 0 aliphatic carbocycles. The summed E-state index contributed by atoms with van der Waals surface area (Å²) < 4.78 is 1.76. The average Bonchev–Trinajstić information content (AvgIpc) is 2.91. The molecule has 5 nitrogen and oxygen atoms in total. The summed E-state index contributed by atoms with van der Waals surface area (Å²) in [4.78, 5) is 15.1. The van der Waals surface area contributed by atoms with E-state index in [0.29, 0.717) is 6.54 Å². The fraction of sp³-hybridized carbons (Fsp3) is 0.409. The van der Waals surface area contributed by atoms with Gasteiger partial charge < -0.3 is 15.4 Å². The van der Waals surface area contributed by atoms with Gasteiger partial charge in [0, 0.05) is 24.2 Å². The van der Waals surface area contributed by atoms with Gasteiger partial charge in [0.25, 0.3) is 0 Å². The molecule has 2 heterocycles. The molecule has 1 aliphatic heterocycles. The number of aromatic nitrogens is 2. The third-order valence-corrected chi connectivity index (χ3v) is 5.79. The molecular weight excluding hydrogens is 338 g/mol. The van der Waals surface area contributed by atoms with Gasteiger partial charge in [-0.15, -0.1) is 0 Å². The second kappa shape index (κ2) is 7.33. The number of benzene rings is 2. The molecule has 3 N–H and O–H groups in total. The lowest BCUT2D eigenvalue weighted by Crippen LogP contribution is -2.41. The Morgan fingerprint density at radius 3 is 2.89 bits per heavy atom. The highest BCUT2D eigenvalue weighted by Gasteiger charge is 2.29. The van der Waals surface area contributed by atoms with Gasteiger partial charge in [0.2, 0.25) is 0 Å². The van der Waals surface area contributed by atoms with Crippen LogP contribution >= 0.6 is 0 Å². The number of rotatable bonds is 5. The smallest absolute Gasteiger partial charge is 0.326 e. The third kappa shape index (κ3) is 3.45. The third-order valence-electron chi connectivity index (χ3n) is 5.79. The normalized spacial score (nSPS) is 20.6. The molecule has 4 rings (SSSR count). The highest BCUT2D eigenvalue weighted by atomic mass is 16.3. The molecule has 1 aliphatic rings. The maximum absolute atomic E-state index is 12.2. The quantitative estimate of drug-likeness (QED) is 0.651. The first-order chi connectivity index (χ1) is 13.0. The molecule has 0 spiro atoms. The van der Waals surface area contributed by atoms with E-state index in [4.69, 9.17) is 0 Å². The van der Waals surface area contributed by atoms with Crippen molar-refractivity contribution in [2.45, 2.75) is 57.8 Å². The largest absolute Gasteiger partial charge is 0.387 e. The molecule has 3 aromatic rings. The number of H-pyrrole nitrogens is 1. The van der Waals surface area contributed by atoms with Crippen LogP contribution in [0.4, 0.5) is 0 Å². The summed E-state index contributed by atoms with van der Waals surface area (Å²) in [5.74, 6) is 0. The molecule has 3 atom stereocenters. The van der Waals surface area contributed by atoms with Crippen LogP contribution in [0.3, 0.4) is 0 Å². The molecule has 1 aromatic heterocycles. The molecule has 27 heavy (non-hydrogen) atoms. The summed E-state index contributed by atoms with van der Waals surface area (Å²) in [7, 11) is 0. The number of aliphatic hydroxyl groups excluding tert-OH is 1. The van der Waals surface area contributed by atoms with Crippen molar-refractivity contribution < 1.29 is 5.11 Å². The number of nitrogens with zero attached hydrogens (tertiary/aromatic N) is 1. The topological polar surface area (TPSA) is 70.0 Å². The molecule has 0 bridgehead atoms. The van der Waals surface area contributed by atoms with E-state index in [0.717, 1.165) is 35.9 Å². The number of para-hydroxylation sites is 1. The molecule has 0 saturated carbocycles. The molecular formula is C22H27N3O2. The van der Waals surface area contributed by atoms with Gasteiger partial charge in [-0.3, -0.25) is 4.57 Å². The maximum atomic E-state index is 12.2. The second-order valence-electron chi connectivity index (χ2n) is 7.70. The van der Waals surface area contributed by atoms with Gasteiger partial charge in [-0.25, -0.2) is 4.79 Å². The zero-order valence-corrected chi connectivity index (χ0v) is 15.9. The minimum absolute atomic E-state index is 0.0678. The van der Waals surface area contributed by atoms with Gasteiger partial charge in [-0.05, 0) is 50.3 Å². The van der Waals surface area contributed by atoms with E-state index in [1.807, 2.05) is 18.2 Å². The lowest BCUT2D eigenvalue weighted by atomic mass is 9.97. The van der Waals surface area contributed by atoms with Crippen LogP contribution in [0.5, 0.6) is 0 Å². The van der Waals surface area contributed by atoms with Crippen LogP contribution < -0.4 is 11.0 Å². The Labute approximate surface area is 159 Å². The van der Waals surface area contributed by atoms with Crippen molar-refractivity contribution in [1.29, 1.82) is 0 Å². The first-order valence-corrected chi connectivity index (χ1v) is 9.74. The van der Waals surface area contributed by atoms with E-state index in [-0.39, 0.29) is 17.8 Å². The Hall–Kier alpha value is -2.37. The van der Waals surface area contributed by atoms with E-state index in [1.54, 1.807) is 4.57 Å². The molecule has 5 heteroatoms. The Balaban J connectivity index is 1.48. The van der Waals surface area contributed by atoms with Gasteiger partial charge in [0.15, 0.2) is 0 Å². The van der Waals surface area contributed by atoms with E-state index in [1.165, 1.54) is 11.1 Å². The van der Waals surface area contributed by atoms with Crippen molar-refractivity contribution in [1.82, 2.24) is 14.9 Å². The zero-order chi connectivity index (χ0) is 19.0. The molecule has 0 radical (unpaired) electrons. The van der Waals surface area contributed by atoms with Crippen LogP contribution in [0.2, 0.25) is 0 Å². The highest BCUT2D eigenvalue weighted by molar-refractivity contribution is 5.79. The second-order valence-corrected chi connectivity index (χ2v) is 7.70. The highest BCUT2D eigenvalue weighted by Crippen LogP contribution is 2.30.